The first kappa shape index (κ1) is 15.7. The van der Waals surface area contributed by atoms with Crippen LogP contribution in [-0.2, 0) is 0 Å². The van der Waals surface area contributed by atoms with Gasteiger partial charge in [-0.1, -0.05) is 0 Å². The zero-order valence-corrected chi connectivity index (χ0v) is 7.07. The summed E-state index contributed by atoms with van der Waals surface area (Å²) < 4.78 is 0. The molecule has 0 aromatic carbocycles. The summed E-state index contributed by atoms with van der Waals surface area (Å²) in [7, 11) is -2.17. The summed E-state index contributed by atoms with van der Waals surface area (Å²) in [4.78, 5) is 0. The van der Waals surface area contributed by atoms with E-state index in [2.05, 4.69) is 0 Å². The van der Waals surface area contributed by atoms with Crippen LogP contribution in [0.5, 0.6) is 0 Å². The van der Waals surface area contributed by atoms with Gasteiger partial charge in [0.15, 0.2) is 17.4 Å². The Hall–Kier alpha value is 2.05. The van der Waals surface area contributed by atoms with Crippen LogP contribution in [0.3, 0.4) is 0 Å². The van der Waals surface area contributed by atoms with Gasteiger partial charge < -0.3 is 17.9 Å². The topological polar surface area (TPSA) is 60.7 Å². The van der Waals surface area contributed by atoms with Crippen molar-refractivity contribution in [3.63, 3.8) is 0 Å². The van der Waals surface area contributed by atoms with Gasteiger partial charge in [0.25, 0.3) is 0 Å². The molecule has 0 heterocycles. The summed E-state index contributed by atoms with van der Waals surface area (Å²) in [5.74, 6) is 0. The van der Waals surface area contributed by atoms with Crippen LogP contribution in [0, 0.1) is 0 Å². The van der Waals surface area contributed by atoms with Gasteiger partial charge in [-0.05, 0) is 0 Å². The first-order chi connectivity index (χ1) is 1.73. The van der Waals surface area contributed by atoms with Crippen LogP contribution in [0.25, 0.3) is 0 Å². The summed E-state index contributed by atoms with van der Waals surface area (Å²) in [5.41, 5.74) is 0. The van der Waals surface area contributed by atoms with E-state index in [1.54, 1.807) is 0 Å². The molecule has 6 heteroatoms. The predicted octanol–water partition coefficient (Wildman–Crippen LogP) is -3.39. The molecule has 0 aliphatic carbocycles. The van der Waals surface area contributed by atoms with E-state index >= 15 is 0 Å². The van der Waals surface area contributed by atoms with Gasteiger partial charge in [-0.15, -0.1) is 0 Å². The van der Waals surface area contributed by atoms with Crippen molar-refractivity contribution in [2.24, 2.45) is 0 Å². The van der Waals surface area contributed by atoms with Crippen molar-refractivity contribution in [1.82, 2.24) is 0 Å². The molecule has 6 heavy (non-hydrogen) atoms. The van der Waals surface area contributed by atoms with Crippen LogP contribution in [0.1, 0.15) is 2.85 Å². The van der Waals surface area contributed by atoms with E-state index in [1.807, 2.05) is 0 Å². The minimum absolute atomic E-state index is 0. The summed E-state index contributed by atoms with van der Waals surface area (Å²) in [5, 5.41) is 21.5. The van der Waals surface area contributed by atoms with Crippen molar-refractivity contribution in [3.8, 4) is 0 Å². The minimum Gasteiger partial charge on any atom is -1.00 e. The summed E-state index contributed by atoms with van der Waals surface area (Å²) >= 11 is 0. The maximum atomic E-state index is 7.17. The second-order valence-corrected chi connectivity index (χ2v) is 0.346. The molecule has 0 aromatic rings. The fourth-order valence-corrected chi connectivity index (χ4v) is 0. The average Bonchev–Trinajstić information content (AvgIpc) is 0.811. The second kappa shape index (κ2) is 10.1. The van der Waals surface area contributed by atoms with Crippen LogP contribution < -0.4 is 0 Å². The Morgan fingerprint density at radius 2 is 1.17 bits per heavy atom. The first-order valence-corrected chi connectivity index (χ1v) is 0.775. The molecule has 0 amide bonds. The maximum Gasteiger partial charge on any atom is 2.00 e. The molecule has 34 valence electrons. The van der Waals surface area contributed by atoms with E-state index in [0.29, 0.717) is 0 Å². The molecular formula is H8AlBBaO3. The smallest absolute Gasteiger partial charge is 1.00 e. The number of rotatable bonds is 0. The summed E-state index contributed by atoms with van der Waals surface area (Å²) in [6.07, 6.45) is 0. The number of hydrogen-bond acceptors (Lipinski definition) is 3. The molecule has 0 aliphatic rings. The third-order valence-corrected chi connectivity index (χ3v) is 0. The zero-order valence-electron chi connectivity index (χ0n) is 4.63. The van der Waals surface area contributed by atoms with Crippen molar-refractivity contribution < 1.29 is 17.9 Å². The van der Waals surface area contributed by atoms with Crippen LogP contribution in [0.4, 0.5) is 0 Å². The van der Waals surface area contributed by atoms with Crippen molar-refractivity contribution in [3.05, 3.63) is 0 Å². The molecule has 0 fully saturated rings. The SMILES string of the molecule is OB(O)O.[AlH3].[Ba+2].[H-].[H-]. The monoisotopic (exact) mass is 232 g/mol. The van der Waals surface area contributed by atoms with Crippen molar-refractivity contribution >= 4 is 73.6 Å². The fraction of sp³-hybridized carbons (Fsp3) is 0. The van der Waals surface area contributed by atoms with Gasteiger partial charge in [-0.25, -0.2) is 0 Å². The molecule has 0 atom stereocenters. The van der Waals surface area contributed by atoms with Gasteiger partial charge in [0, 0.05) is 0 Å². The normalized spacial score (nSPS) is 4.50. The Bertz CT molecular complexity index is 22.0. The summed E-state index contributed by atoms with van der Waals surface area (Å²) in [6.45, 7) is 0. The molecule has 0 saturated carbocycles. The van der Waals surface area contributed by atoms with E-state index < -0.39 is 7.32 Å². The zero-order chi connectivity index (χ0) is 3.58. The van der Waals surface area contributed by atoms with E-state index in [4.69, 9.17) is 15.1 Å². The Labute approximate surface area is 90.1 Å². The fourth-order valence-electron chi connectivity index (χ4n) is 0. The standard InChI is InChI=1S/Al.BH3O3.Ba.5H/c;2-1(3)4;;;;;;/h;2-4H;;;;;;/q;;+2;;;;2*-1. The largest absolute Gasteiger partial charge is 2.00 e. The van der Waals surface area contributed by atoms with Gasteiger partial charge in [0.1, 0.15) is 0 Å². The molecule has 0 aliphatic heterocycles. The first-order valence-electron chi connectivity index (χ1n) is 0.775. The maximum absolute atomic E-state index is 7.17. The van der Waals surface area contributed by atoms with Crippen molar-refractivity contribution in [2.45, 2.75) is 0 Å². The van der Waals surface area contributed by atoms with Crippen LogP contribution in [0.15, 0.2) is 0 Å². The molecule has 0 radical (unpaired) electrons. The molecule has 0 aromatic heterocycles. The molecule has 0 rings (SSSR count). The molecule has 0 spiro atoms. The van der Waals surface area contributed by atoms with E-state index in [0.717, 1.165) is 0 Å². The van der Waals surface area contributed by atoms with Crippen molar-refractivity contribution in [2.75, 3.05) is 0 Å². The summed E-state index contributed by atoms with van der Waals surface area (Å²) in [6, 6.07) is 0. The molecule has 0 unspecified atom stereocenters. The third kappa shape index (κ3) is 36.7. The predicted molar refractivity (Wildman–Crippen MR) is 30.3 cm³/mol. The van der Waals surface area contributed by atoms with E-state index in [1.165, 1.54) is 0 Å². The third-order valence-electron chi connectivity index (χ3n) is 0. The van der Waals surface area contributed by atoms with Gasteiger partial charge in [0.05, 0.1) is 0 Å². The molecule has 0 bridgehead atoms. The van der Waals surface area contributed by atoms with Gasteiger partial charge >= 0.3 is 56.2 Å². The van der Waals surface area contributed by atoms with Gasteiger partial charge in [-0.2, -0.15) is 0 Å². The average molecular weight is 231 g/mol. The molecule has 3 N–H and O–H groups in total. The van der Waals surface area contributed by atoms with E-state index in [9.17, 15) is 0 Å². The van der Waals surface area contributed by atoms with Gasteiger partial charge in [0.2, 0.25) is 0 Å². The Morgan fingerprint density at radius 1 is 1.17 bits per heavy atom. The van der Waals surface area contributed by atoms with Crippen LogP contribution in [0.2, 0.25) is 0 Å². The Morgan fingerprint density at radius 3 is 1.17 bits per heavy atom. The number of hydrogen-bond donors (Lipinski definition) is 3. The minimum atomic E-state index is -2.17. The van der Waals surface area contributed by atoms with Crippen LogP contribution in [-0.4, -0.2) is 88.6 Å². The molecular weight excluding hydrogens is 223 g/mol. The Kier molecular flexibility index (Phi) is 26.5. The van der Waals surface area contributed by atoms with E-state index in [-0.39, 0.29) is 69.1 Å². The Balaban J connectivity index is -0.00000000750. The second-order valence-electron chi connectivity index (χ2n) is 0.346. The molecule has 0 saturated heterocycles. The quantitative estimate of drug-likeness (QED) is 0.381. The molecule has 3 nitrogen and oxygen atoms in total. The van der Waals surface area contributed by atoms with Crippen LogP contribution >= 0.6 is 0 Å². The van der Waals surface area contributed by atoms with Gasteiger partial charge in [-0.3, -0.25) is 0 Å². The van der Waals surface area contributed by atoms with Crippen molar-refractivity contribution in [1.29, 1.82) is 0 Å².